The zero-order valence-electron chi connectivity index (χ0n) is 2.91. The second-order valence-corrected chi connectivity index (χ2v) is 1.54. The lowest BCUT2D eigenvalue weighted by Gasteiger charge is -1.93. The molecule has 0 radical (unpaired) electrons. The van der Waals surface area contributed by atoms with E-state index in [4.69, 9.17) is 23.4 Å². The Morgan fingerprint density at radius 3 is 2.00 bits per heavy atom. The van der Waals surface area contributed by atoms with Crippen LogP contribution in [-0.2, 0) is 0 Å². The highest BCUT2D eigenvalue weighted by atomic mass is 35.5. The lowest BCUT2D eigenvalue weighted by molar-refractivity contribution is 0.649. The van der Waals surface area contributed by atoms with Crippen molar-refractivity contribution >= 4 is 23.4 Å². The SMILES string of the molecule is CN(Cl)CCl. The molecule has 0 amide bonds. The van der Waals surface area contributed by atoms with Crippen LogP contribution in [0.2, 0.25) is 0 Å². The largest absolute Gasteiger partial charge is 0.208 e. The molecular formula is C2H5Cl2N. The predicted molar refractivity (Wildman–Crippen MR) is 24.3 cm³/mol. The van der Waals surface area contributed by atoms with Gasteiger partial charge in [0.25, 0.3) is 0 Å². The van der Waals surface area contributed by atoms with E-state index in [1.165, 1.54) is 4.42 Å². The zero-order chi connectivity index (χ0) is 4.28. The maximum atomic E-state index is 5.16. The first-order chi connectivity index (χ1) is 2.27. The van der Waals surface area contributed by atoms with Gasteiger partial charge in [-0.05, 0) is 11.8 Å². The van der Waals surface area contributed by atoms with Gasteiger partial charge in [0.1, 0.15) is 0 Å². The average Bonchev–Trinajstić information content (AvgIpc) is 1.38. The molecule has 0 heterocycles. The quantitative estimate of drug-likeness (QED) is 0.282. The summed E-state index contributed by atoms with van der Waals surface area (Å²) in [7, 11) is 1.69. The van der Waals surface area contributed by atoms with Crippen molar-refractivity contribution in [1.29, 1.82) is 0 Å². The third-order valence-corrected chi connectivity index (χ3v) is 0.765. The third-order valence-electron chi connectivity index (χ3n) is 0.165. The molecule has 0 aromatic heterocycles. The number of rotatable bonds is 1. The van der Waals surface area contributed by atoms with Gasteiger partial charge in [0.15, 0.2) is 0 Å². The molecule has 0 fully saturated rings. The molecule has 0 saturated carbocycles. The van der Waals surface area contributed by atoms with E-state index >= 15 is 0 Å². The Kier molecular flexibility index (Phi) is 3.06. The van der Waals surface area contributed by atoms with Gasteiger partial charge < -0.3 is 0 Å². The van der Waals surface area contributed by atoms with E-state index in [9.17, 15) is 0 Å². The molecule has 0 aliphatic rings. The smallest absolute Gasteiger partial charge is 0.0879 e. The first-order valence-corrected chi connectivity index (χ1v) is 2.07. The van der Waals surface area contributed by atoms with Crippen molar-refractivity contribution in [3.05, 3.63) is 0 Å². The normalized spacial score (nSPS) is 9.60. The number of hydrogen-bond acceptors (Lipinski definition) is 1. The number of halogens is 2. The van der Waals surface area contributed by atoms with Gasteiger partial charge in [-0.2, -0.15) is 0 Å². The van der Waals surface area contributed by atoms with Gasteiger partial charge in [0.05, 0.1) is 6.00 Å². The zero-order valence-corrected chi connectivity index (χ0v) is 4.42. The summed E-state index contributed by atoms with van der Waals surface area (Å²) in [5.41, 5.74) is 0. The summed E-state index contributed by atoms with van der Waals surface area (Å²) < 4.78 is 1.36. The number of nitrogens with zero attached hydrogens (tertiary/aromatic N) is 1. The van der Waals surface area contributed by atoms with Crippen LogP contribution in [0.5, 0.6) is 0 Å². The molecule has 3 heteroatoms. The van der Waals surface area contributed by atoms with Crippen LogP contribution in [0.1, 0.15) is 0 Å². The van der Waals surface area contributed by atoms with Gasteiger partial charge in [0.2, 0.25) is 0 Å². The first-order valence-electron chi connectivity index (χ1n) is 1.20. The minimum absolute atomic E-state index is 0.377. The number of alkyl halides is 1. The van der Waals surface area contributed by atoms with Crippen LogP contribution in [0.3, 0.4) is 0 Å². The second-order valence-electron chi connectivity index (χ2n) is 0.724. The van der Waals surface area contributed by atoms with Crippen LogP contribution in [-0.4, -0.2) is 17.5 Å². The van der Waals surface area contributed by atoms with Crippen molar-refractivity contribution in [2.24, 2.45) is 0 Å². The van der Waals surface area contributed by atoms with E-state index in [0.29, 0.717) is 6.00 Å². The van der Waals surface area contributed by atoms with Crippen molar-refractivity contribution in [2.75, 3.05) is 13.1 Å². The molecule has 32 valence electrons. The molecule has 0 bridgehead atoms. The Hall–Kier alpha value is 0.540. The Morgan fingerprint density at radius 1 is 1.80 bits per heavy atom. The molecule has 0 aliphatic heterocycles. The van der Waals surface area contributed by atoms with E-state index in [2.05, 4.69) is 0 Å². The van der Waals surface area contributed by atoms with Crippen molar-refractivity contribution in [1.82, 2.24) is 4.42 Å². The second kappa shape index (κ2) is 2.76. The van der Waals surface area contributed by atoms with Crippen molar-refractivity contribution in [3.63, 3.8) is 0 Å². The molecular weight excluding hydrogens is 109 g/mol. The van der Waals surface area contributed by atoms with Gasteiger partial charge >= 0.3 is 0 Å². The maximum absolute atomic E-state index is 5.16. The highest BCUT2D eigenvalue weighted by Gasteiger charge is 1.78. The fourth-order valence-electron chi connectivity index (χ4n) is 0. The fraction of sp³-hybridized carbons (Fsp3) is 1.00. The van der Waals surface area contributed by atoms with Crippen LogP contribution >= 0.6 is 23.4 Å². The van der Waals surface area contributed by atoms with Crippen LogP contribution < -0.4 is 0 Å². The fourth-order valence-corrected chi connectivity index (χ4v) is 0. The molecule has 0 spiro atoms. The van der Waals surface area contributed by atoms with Crippen molar-refractivity contribution in [3.8, 4) is 0 Å². The highest BCUT2D eigenvalue weighted by molar-refractivity contribution is 6.22. The molecule has 0 aromatic rings. The van der Waals surface area contributed by atoms with Crippen molar-refractivity contribution in [2.45, 2.75) is 0 Å². The van der Waals surface area contributed by atoms with Crippen LogP contribution in [0.4, 0.5) is 0 Å². The molecule has 0 saturated heterocycles. The molecule has 0 atom stereocenters. The van der Waals surface area contributed by atoms with E-state index in [1.54, 1.807) is 7.05 Å². The summed E-state index contributed by atoms with van der Waals surface area (Å²) in [5.74, 6) is 0. The number of hydrogen-bond donors (Lipinski definition) is 0. The van der Waals surface area contributed by atoms with Crippen LogP contribution in [0, 0.1) is 0 Å². The Bertz CT molecular complexity index is 21.6. The summed E-state index contributed by atoms with van der Waals surface area (Å²) in [5, 5.41) is 0. The Labute approximate surface area is 41.6 Å². The minimum Gasteiger partial charge on any atom is -0.208 e. The molecule has 1 nitrogen and oxygen atoms in total. The molecule has 0 aromatic carbocycles. The minimum atomic E-state index is 0.377. The Balaban J connectivity index is 2.54. The summed E-state index contributed by atoms with van der Waals surface area (Å²) in [6.45, 7) is 0. The van der Waals surface area contributed by atoms with Gasteiger partial charge in [-0.15, -0.1) is 11.6 Å². The van der Waals surface area contributed by atoms with Crippen molar-refractivity contribution < 1.29 is 0 Å². The van der Waals surface area contributed by atoms with E-state index in [1.807, 2.05) is 0 Å². The standard InChI is InChI=1S/C2H5Cl2N/c1-5(4)2-3/h2H2,1H3. The maximum Gasteiger partial charge on any atom is 0.0879 e. The monoisotopic (exact) mass is 113 g/mol. The van der Waals surface area contributed by atoms with E-state index in [0.717, 1.165) is 0 Å². The summed E-state index contributed by atoms with van der Waals surface area (Å²) in [6.07, 6.45) is 0. The average molecular weight is 114 g/mol. The summed E-state index contributed by atoms with van der Waals surface area (Å²) >= 11 is 10.3. The molecule has 0 unspecified atom stereocenters. The third kappa shape index (κ3) is 4.54. The van der Waals surface area contributed by atoms with E-state index in [-0.39, 0.29) is 0 Å². The first kappa shape index (κ1) is 5.54. The summed E-state index contributed by atoms with van der Waals surface area (Å²) in [6, 6.07) is 0.377. The van der Waals surface area contributed by atoms with Gasteiger partial charge in [-0.1, -0.05) is 0 Å². The van der Waals surface area contributed by atoms with Crippen LogP contribution in [0.25, 0.3) is 0 Å². The topological polar surface area (TPSA) is 3.24 Å². The molecule has 5 heavy (non-hydrogen) atoms. The van der Waals surface area contributed by atoms with Crippen LogP contribution in [0.15, 0.2) is 0 Å². The summed E-state index contributed by atoms with van der Waals surface area (Å²) in [4.78, 5) is 0. The van der Waals surface area contributed by atoms with E-state index < -0.39 is 0 Å². The lowest BCUT2D eigenvalue weighted by Crippen LogP contribution is -1.97. The van der Waals surface area contributed by atoms with Gasteiger partial charge in [-0.3, -0.25) is 0 Å². The lowest BCUT2D eigenvalue weighted by atomic mass is 11.3. The molecule has 0 aliphatic carbocycles. The highest BCUT2D eigenvalue weighted by Crippen LogP contribution is 1.86. The Morgan fingerprint density at radius 2 is 2.00 bits per heavy atom. The molecule has 0 rings (SSSR count). The predicted octanol–water partition coefficient (Wildman–Crippen LogP) is 1.27. The molecule has 0 N–H and O–H groups in total. The van der Waals surface area contributed by atoms with Gasteiger partial charge in [-0.25, -0.2) is 4.42 Å². The van der Waals surface area contributed by atoms with Gasteiger partial charge in [0, 0.05) is 7.05 Å².